The Balaban J connectivity index is 1.49. The molecule has 1 saturated heterocycles. The number of ether oxygens (including phenoxy) is 1. The SMILES string of the molecule is COc1ccc(Cl)cc1NC(=O)CCN1CC[C@H](c2ccccc2)C1. The van der Waals surface area contributed by atoms with Crippen LogP contribution in [0.4, 0.5) is 5.69 Å². The van der Waals surface area contributed by atoms with Crippen LogP contribution in [-0.2, 0) is 4.79 Å². The Hall–Kier alpha value is -2.04. The highest BCUT2D eigenvalue weighted by Crippen LogP contribution is 2.29. The van der Waals surface area contributed by atoms with Gasteiger partial charge in [-0.25, -0.2) is 0 Å². The number of methoxy groups -OCH3 is 1. The molecule has 2 aromatic rings. The molecule has 25 heavy (non-hydrogen) atoms. The summed E-state index contributed by atoms with van der Waals surface area (Å²) in [7, 11) is 1.58. The second-order valence-corrected chi connectivity index (χ2v) is 6.78. The molecule has 132 valence electrons. The third-order valence-corrected chi connectivity index (χ3v) is 4.87. The average molecular weight is 359 g/mol. The van der Waals surface area contributed by atoms with E-state index in [0.717, 1.165) is 26.1 Å². The molecule has 0 radical (unpaired) electrons. The average Bonchev–Trinajstić information content (AvgIpc) is 3.10. The zero-order valence-electron chi connectivity index (χ0n) is 14.4. The van der Waals surface area contributed by atoms with Gasteiger partial charge in [0.05, 0.1) is 12.8 Å². The fourth-order valence-corrected chi connectivity index (χ4v) is 3.46. The van der Waals surface area contributed by atoms with Crippen LogP contribution in [0, 0.1) is 0 Å². The van der Waals surface area contributed by atoms with Crippen LogP contribution < -0.4 is 10.1 Å². The summed E-state index contributed by atoms with van der Waals surface area (Å²) in [5.41, 5.74) is 2.00. The van der Waals surface area contributed by atoms with E-state index in [1.54, 1.807) is 25.3 Å². The summed E-state index contributed by atoms with van der Waals surface area (Å²) in [5.74, 6) is 1.16. The summed E-state index contributed by atoms with van der Waals surface area (Å²) in [5, 5.41) is 3.46. The lowest BCUT2D eigenvalue weighted by Gasteiger charge is -2.16. The van der Waals surface area contributed by atoms with Crippen molar-refractivity contribution in [3.63, 3.8) is 0 Å². The molecule has 5 heteroatoms. The molecule has 2 aromatic carbocycles. The Bertz CT molecular complexity index is 721. The normalized spacial score (nSPS) is 17.4. The number of benzene rings is 2. The number of nitrogens with zero attached hydrogens (tertiary/aromatic N) is 1. The predicted molar refractivity (Wildman–Crippen MR) is 101 cm³/mol. The summed E-state index contributed by atoms with van der Waals surface area (Å²) in [6.07, 6.45) is 1.60. The molecule has 0 aromatic heterocycles. The van der Waals surface area contributed by atoms with Gasteiger partial charge in [-0.15, -0.1) is 0 Å². The second kappa shape index (κ2) is 8.37. The van der Waals surface area contributed by atoms with Gasteiger partial charge in [0.2, 0.25) is 5.91 Å². The van der Waals surface area contributed by atoms with Crippen molar-refractivity contribution in [2.45, 2.75) is 18.8 Å². The number of amides is 1. The quantitative estimate of drug-likeness (QED) is 0.842. The second-order valence-electron chi connectivity index (χ2n) is 6.34. The minimum Gasteiger partial charge on any atom is -0.495 e. The molecule has 1 fully saturated rings. The standard InChI is InChI=1S/C20H23ClN2O2/c1-25-19-8-7-17(21)13-18(19)22-20(24)10-12-23-11-9-16(14-23)15-5-3-2-4-6-15/h2-8,13,16H,9-12,14H2,1H3,(H,22,24)/t16-/m0/s1. The molecule has 1 heterocycles. The lowest BCUT2D eigenvalue weighted by molar-refractivity contribution is -0.116. The fourth-order valence-electron chi connectivity index (χ4n) is 3.28. The molecule has 0 saturated carbocycles. The molecule has 0 aliphatic carbocycles. The topological polar surface area (TPSA) is 41.6 Å². The molecule has 1 aliphatic heterocycles. The first-order valence-corrected chi connectivity index (χ1v) is 8.94. The first kappa shape index (κ1) is 17.8. The van der Waals surface area contributed by atoms with Crippen LogP contribution in [0.1, 0.15) is 24.3 Å². The number of anilines is 1. The van der Waals surface area contributed by atoms with Crippen molar-refractivity contribution in [1.82, 2.24) is 4.90 Å². The third kappa shape index (κ3) is 4.74. The Kier molecular flexibility index (Phi) is 5.95. The predicted octanol–water partition coefficient (Wildman–Crippen LogP) is 4.17. The van der Waals surface area contributed by atoms with Gasteiger partial charge in [0, 0.05) is 24.5 Å². The summed E-state index contributed by atoms with van der Waals surface area (Å²) in [6.45, 7) is 2.81. The van der Waals surface area contributed by atoms with Crippen LogP contribution in [0.15, 0.2) is 48.5 Å². The number of rotatable bonds is 6. The van der Waals surface area contributed by atoms with Gasteiger partial charge in [0.1, 0.15) is 5.75 Å². The van der Waals surface area contributed by atoms with Gasteiger partial charge in [0.15, 0.2) is 0 Å². The van der Waals surface area contributed by atoms with Crippen LogP contribution in [-0.4, -0.2) is 37.6 Å². The van der Waals surface area contributed by atoms with E-state index in [1.165, 1.54) is 5.56 Å². The van der Waals surface area contributed by atoms with E-state index >= 15 is 0 Å². The van der Waals surface area contributed by atoms with E-state index in [9.17, 15) is 4.79 Å². The number of likely N-dealkylation sites (tertiary alicyclic amines) is 1. The molecule has 0 bridgehead atoms. The summed E-state index contributed by atoms with van der Waals surface area (Å²) < 4.78 is 5.26. The highest BCUT2D eigenvalue weighted by molar-refractivity contribution is 6.31. The highest BCUT2D eigenvalue weighted by atomic mass is 35.5. The third-order valence-electron chi connectivity index (χ3n) is 4.63. The van der Waals surface area contributed by atoms with Crippen molar-refractivity contribution >= 4 is 23.2 Å². The van der Waals surface area contributed by atoms with Crippen LogP contribution in [0.2, 0.25) is 5.02 Å². The largest absolute Gasteiger partial charge is 0.495 e. The molecule has 1 atom stereocenters. The zero-order valence-corrected chi connectivity index (χ0v) is 15.1. The maximum Gasteiger partial charge on any atom is 0.225 e. The fraction of sp³-hybridized carbons (Fsp3) is 0.350. The van der Waals surface area contributed by atoms with Crippen molar-refractivity contribution in [2.24, 2.45) is 0 Å². The van der Waals surface area contributed by atoms with E-state index in [-0.39, 0.29) is 5.91 Å². The summed E-state index contributed by atoms with van der Waals surface area (Å²) in [6, 6.07) is 15.8. The zero-order chi connectivity index (χ0) is 17.6. The van der Waals surface area contributed by atoms with Gasteiger partial charge in [0.25, 0.3) is 0 Å². The van der Waals surface area contributed by atoms with Gasteiger partial charge < -0.3 is 15.0 Å². The molecule has 0 unspecified atom stereocenters. The molecular formula is C20H23ClN2O2. The van der Waals surface area contributed by atoms with E-state index in [1.807, 2.05) is 6.07 Å². The Labute approximate surface area is 153 Å². The molecule has 1 aliphatic rings. The number of carbonyl (C=O) groups is 1. The molecule has 0 spiro atoms. The molecule has 1 N–H and O–H groups in total. The number of halogens is 1. The Morgan fingerprint density at radius 3 is 2.84 bits per heavy atom. The van der Waals surface area contributed by atoms with E-state index in [2.05, 4.69) is 34.5 Å². The smallest absolute Gasteiger partial charge is 0.225 e. The maximum absolute atomic E-state index is 12.3. The van der Waals surface area contributed by atoms with Gasteiger partial charge in [-0.2, -0.15) is 0 Å². The lowest BCUT2D eigenvalue weighted by atomic mass is 9.99. The number of nitrogens with one attached hydrogen (secondary N) is 1. The Morgan fingerprint density at radius 2 is 2.08 bits per heavy atom. The van der Waals surface area contributed by atoms with E-state index in [4.69, 9.17) is 16.3 Å². The van der Waals surface area contributed by atoms with Crippen molar-refractivity contribution < 1.29 is 9.53 Å². The molecule has 4 nitrogen and oxygen atoms in total. The molecular weight excluding hydrogens is 336 g/mol. The van der Waals surface area contributed by atoms with Crippen molar-refractivity contribution in [3.8, 4) is 5.75 Å². The minimum absolute atomic E-state index is 0.0243. The number of carbonyl (C=O) groups excluding carboxylic acids is 1. The minimum atomic E-state index is -0.0243. The summed E-state index contributed by atoms with van der Waals surface area (Å²) >= 11 is 6.00. The highest BCUT2D eigenvalue weighted by Gasteiger charge is 2.23. The monoisotopic (exact) mass is 358 g/mol. The lowest BCUT2D eigenvalue weighted by Crippen LogP contribution is -2.25. The van der Waals surface area contributed by atoms with Crippen LogP contribution in [0.5, 0.6) is 5.75 Å². The van der Waals surface area contributed by atoms with Crippen LogP contribution in [0.25, 0.3) is 0 Å². The maximum atomic E-state index is 12.3. The molecule has 3 rings (SSSR count). The van der Waals surface area contributed by atoms with Gasteiger partial charge in [-0.05, 0) is 42.6 Å². The van der Waals surface area contributed by atoms with Crippen molar-refractivity contribution in [1.29, 1.82) is 0 Å². The van der Waals surface area contributed by atoms with Crippen molar-refractivity contribution in [3.05, 3.63) is 59.1 Å². The first-order chi connectivity index (χ1) is 12.2. The van der Waals surface area contributed by atoms with Crippen LogP contribution in [0.3, 0.4) is 0 Å². The number of hydrogen-bond acceptors (Lipinski definition) is 3. The molecule has 1 amide bonds. The van der Waals surface area contributed by atoms with Gasteiger partial charge in [-0.3, -0.25) is 4.79 Å². The van der Waals surface area contributed by atoms with Crippen molar-refractivity contribution in [2.75, 3.05) is 32.1 Å². The summed E-state index contributed by atoms with van der Waals surface area (Å²) in [4.78, 5) is 14.6. The van der Waals surface area contributed by atoms with Gasteiger partial charge >= 0.3 is 0 Å². The Morgan fingerprint density at radius 1 is 1.28 bits per heavy atom. The van der Waals surface area contributed by atoms with Gasteiger partial charge in [-0.1, -0.05) is 41.9 Å². The van der Waals surface area contributed by atoms with E-state index in [0.29, 0.717) is 28.8 Å². The first-order valence-electron chi connectivity index (χ1n) is 8.56. The van der Waals surface area contributed by atoms with E-state index < -0.39 is 0 Å². The van der Waals surface area contributed by atoms with Crippen LogP contribution >= 0.6 is 11.6 Å². The number of hydrogen-bond donors (Lipinski definition) is 1.